The van der Waals surface area contributed by atoms with E-state index < -0.39 is 0 Å². The van der Waals surface area contributed by atoms with E-state index >= 15 is 0 Å². The van der Waals surface area contributed by atoms with Crippen LogP contribution in [0.2, 0.25) is 5.02 Å². The number of pyridine rings is 1. The van der Waals surface area contributed by atoms with Gasteiger partial charge in [0.15, 0.2) is 5.69 Å². The Kier molecular flexibility index (Phi) is 5.01. The lowest BCUT2D eigenvalue weighted by atomic mass is 10.2. The second-order valence-corrected chi connectivity index (χ2v) is 6.44. The zero-order valence-corrected chi connectivity index (χ0v) is 14.6. The van der Waals surface area contributed by atoms with Crippen LogP contribution in [0, 0.1) is 0 Å². The van der Waals surface area contributed by atoms with E-state index in [9.17, 15) is 4.79 Å². The number of nitrogens with zero attached hydrogens (tertiary/aromatic N) is 5. The van der Waals surface area contributed by atoms with Crippen molar-refractivity contribution < 1.29 is 4.79 Å². The lowest BCUT2D eigenvalue weighted by Gasteiger charge is -2.29. The minimum Gasteiger partial charge on any atom is -0.349 e. The van der Waals surface area contributed by atoms with Crippen molar-refractivity contribution in [2.45, 2.75) is 13.1 Å². The van der Waals surface area contributed by atoms with Crippen LogP contribution in [0.3, 0.4) is 0 Å². The molecule has 0 aromatic carbocycles. The number of nitrogens with one attached hydrogen (secondary N) is 1. The molecule has 0 bridgehead atoms. The van der Waals surface area contributed by atoms with E-state index in [2.05, 4.69) is 20.3 Å². The van der Waals surface area contributed by atoms with Gasteiger partial charge in [-0.2, -0.15) is 5.10 Å². The molecule has 24 heavy (non-hydrogen) atoms. The van der Waals surface area contributed by atoms with Crippen molar-refractivity contribution >= 4 is 23.3 Å². The highest BCUT2D eigenvalue weighted by atomic mass is 35.5. The van der Waals surface area contributed by atoms with Crippen molar-refractivity contribution in [3.05, 3.63) is 40.8 Å². The van der Waals surface area contributed by atoms with E-state index in [-0.39, 0.29) is 5.91 Å². The molecule has 3 rings (SSSR count). The molecule has 0 saturated carbocycles. The van der Waals surface area contributed by atoms with Gasteiger partial charge in [-0.1, -0.05) is 11.6 Å². The van der Waals surface area contributed by atoms with Crippen LogP contribution in [0.5, 0.6) is 0 Å². The molecule has 1 aliphatic rings. The number of amides is 1. The first kappa shape index (κ1) is 16.7. The summed E-state index contributed by atoms with van der Waals surface area (Å²) in [5.41, 5.74) is 1.44. The lowest BCUT2D eigenvalue weighted by molar-refractivity contribution is 0.0945. The molecule has 0 fully saturated rings. The molecular weight excluding hydrogens is 328 g/mol. The van der Waals surface area contributed by atoms with Crippen LogP contribution in [0.15, 0.2) is 24.4 Å². The third-order valence-electron chi connectivity index (χ3n) is 3.91. The van der Waals surface area contributed by atoms with Gasteiger partial charge >= 0.3 is 0 Å². The van der Waals surface area contributed by atoms with Crippen molar-refractivity contribution in [3.8, 4) is 0 Å². The van der Waals surface area contributed by atoms with Gasteiger partial charge in [0.2, 0.25) is 0 Å². The van der Waals surface area contributed by atoms with Gasteiger partial charge in [-0.3, -0.25) is 9.48 Å². The Bertz CT molecular complexity index is 729. The van der Waals surface area contributed by atoms with Crippen molar-refractivity contribution in [1.29, 1.82) is 0 Å². The van der Waals surface area contributed by atoms with E-state index in [1.165, 1.54) is 0 Å². The fourth-order valence-corrected chi connectivity index (χ4v) is 2.89. The summed E-state index contributed by atoms with van der Waals surface area (Å²) in [5, 5.41) is 7.93. The molecule has 1 aliphatic heterocycles. The molecule has 128 valence electrons. The van der Waals surface area contributed by atoms with Crippen LogP contribution < -0.4 is 10.2 Å². The molecule has 8 heteroatoms. The molecule has 1 amide bonds. The number of rotatable bonds is 5. The van der Waals surface area contributed by atoms with Gasteiger partial charge in [-0.05, 0) is 32.3 Å². The Morgan fingerprint density at radius 1 is 1.42 bits per heavy atom. The summed E-state index contributed by atoms with van der Waals surface area (Å²) >= 11 is 6.23. The first-order valence-corrected chi connectivity index (χ1v) is 8.27. The molecule has 0 spiro atoms. The van der Waals surface area contributed by atoms with Gasteiger partial charge in [0.1, 0.15) is 5.82 Å². The molecule has 2 aromatic rings. The largest absolute Gasteiger partial charge is 0.349 e. The Morgan fingerprint density at radius 3 is 3.00 bits per heavy atom. The summed E-state index contributed by atoms with van der Waals surface area (Å²) in [6.07, 6.45) is 1.73. The van der Waals surface area contributed by atoms with Gasteiger partial charge in [-0.15, -0.1) is 0 Å². The van der Waals surface area contributed by atoms with Crippen LogP contribution in [0.4, 0.5) is 5.82 Å². The second-order valence-electron chi connectivity index (χ2n) is 6.03. The molecule has 0 atom stereocenters. The standard InChI is InChI=1S/C16H21ClN6O/c1-21(2)7-6-19-16(24)14-10-12-11-22(8-9-23(12)20-14)15-13(17)4-3-5-18-15/h3-5,10H,6-9,11H2,1-2H3,(H,19,24). The number of carbonyl (C=O) groups is 1. The van der Waals surface area contributed by atoms with Crippen molar-refractivity contribution in [1.82, 2.24) is 25.0 Å². The third-order valence-corrected chi connectivity index (χ3v) is 4.21. The van der Waals surface area contributed by atoms with Gasteiger partial charge < -0.3 is 15.1 Å². The Hall–Kier alpha value is -2.12. The summed E-state index contributed by atoms with van der Waals surface area (Å²) in [7, 11) is 3.94. The third kappa shape index (κ3) is 3.68. The SMILES string of the molecule is CN(C)CCNC(=O)c1cc2n(n1)CCN(c1ncccc1Cl)C2. The van der Waals surface area contributed by atoms with Gasteiger partial charge in [0, 0.05) is 25.8 Å². The number of aromatic nitrogens is 3. The molecule has 0 aliphatic carbocycles. The fourth-order valence-electron chi connectivity index (χ4n) is 2.65. The average Bonchev–Trinajstić information content (AvgIpc) is 2.98. The number of hydrogen-bond acceptors (Lipinski definition) is 5. The summed E-state index contributed by atoms with van der Waals surface area (Å²) in [6, 6.07) is 5.49. The molecule has 0 radical (unpaired) electrons. The first-order chi connectivity index (χ1) is 11.5. The highest BCUT2D eigenvalue weighted by Crippen LogP contribution is 2.26. The molecule has 7 nitrogen and oxygen atoms in total. The second kappa shape index (κ2) is 7.19. The number of hydrogen-bond donors (Lipinski definition) is 1. The van der Waals surface area contributed by atoms with Crippen LogP contribution in [0.25, 0.3) is 0 Å². The fraction of sp³-hybridized carbons (Fsp3) is 0.438. The number of halogens is 1. The number of fused-ring (bicyclic) bond motifs is 1. The minimum absolute atomic E-state index is 0.138. The van der Waals surface area contributed by atoms with Crippen LogP contribution in [0.1, 0.15) is 16.2 Å². The molecule has 1 N–H and O–H groups in total. The topological polar surface area (TPSA) is 66.3 Å². The summed E-state index contributed by atoms with van der Waals surface area (Å²) in [6.45, 7) is 3.49. The zero-order valence-electron chi connectivity index (χ0n) is 13.9. The van der Waals surface area contributed by atoms with Gasteiger partial charge in [-0.25, -0.2) is 4.98 Å². The Balaban J connectivity index is 1.68. The minimum atomic E-state index is -0.138. The molecule has 0 saturated heterocycles. The molecular formula is C16H21ClN6O. The zero-order chi connectivity index (χ0) is 17.1. The van der Waals surface area contributed by atoms with E-state index in [0.717, 1.165) is 24.6 Å². The van der Waals surface area contributed by atoms with Crippen LogP contribution in [-0.4, -0.2) is 59.3 Å². The van der Waals surface area contributed by atoms with Gasteiger partial charge in [0.05, 0.1) is 23.8 Å². The van der Waals surface area contributed by atoms with Crippen LogP contribution in [-0.2, 0) is 13.1 Å². The predicted molar refractivity (Wildman–Crippen MR) is 93.4 cm³/mol. The van der Waals surface area contributed by atoms with Gasteiger partial charge in [0.25, 0.3) is 5.91 Å². The van der Waals surface area contributed by atoms with E-state index in [1.807, 2.05) is 41.9 Å². The smallest absolute Gasteiger partial charge is 0.271 e. The van der Waals surface area contributed by atoms with E-state index in [0.29, 0.717) is 30.4 Å². The lowest BCUT2D eigenvalue weighted by Crippen LogP contribution is -2.34. The maximum absolute atomic E-state index is 12.2. The Morgan fingerprint density at radius 2 is 2.25 bits per heavy atom. The summed E-state index contributed by atoms with van der Waals surface area (Å²) in [5.74, 6) is 0.629. The normalized spacial score (nSPS) is 13.9. The number of likely N-dealkylation sites (N-methyl/N-ethyl adjacent to an activating group) is 1. The summed E-state index contributed by atoms with van der Waals surface area (Å²) in [4.78, 5) is 20.7. The number of carbonyl (C=O) groups excluding carboxylic acids is 1. The maximum Gasteiger partial charge on any atom is 0.271 e. The Labute approximate surface area is 146 Å². The van der Waals surface area contributed by atoms with E-state index in [1.54, 1.807) is 6.20 Å². The van der Waals surface area contributed by atoms with E-state index in [4.69, 9.17) is 11.6 Å². The van der Waals surface area contributed by atoms with Crippen LogP contribution >= 0.6 is 11.6 Å². The maximum atomic E-state index is 12.2. The summed E-state index contributed by atoms with van der Waals surface area (Å²) < 4.78 is 1.88. The first-order valence-electron chi connectivity index (χ1n) is 7.89. The monoisotopic (exact) mass is 348 g/mol. The molecule has 2 aromatic heterocycles. The van der Waals surface area contributed by atoms with Crippen molar-refractivity contribution in [2.24, 2.45) is 0 Å². The average molecular weight is 349 g/mol. The highest BCUT2D eigenvalue weighted by Gasteiger charge is 2.22. The molecule has 3 heterocycles. The molecule has 0 unspecified atom stereocenters. The quantitative estimate of drug-likeness (QED) is 0.880. The van der Waals surface area contributed by atoms with Crippen molar-refractivity contribution in [3.63, 3.8) is 0 Å². The predicted octanol–water partition coefficient (Wildman–Crippen LogP) is 1.24. The highest BCUT2D eigenvalue weighted by molar-refractivity contribution is 6.32. The number of anilines is 1. The van der Waals surface area contributed by atoms with Crippen molar-refractivity contribution in [2.75, 3.05) is 38.6 Å².